The summed E-state index contributed by atoms with van der Waals surface area (Å²) < 4.78 is 0. The molecule has 5 nitrogen and oxygen atoms in total. The van der Waals surface area contributed by atoms with Crippen LogP contribution in [0.15, 0.2) is 42.5 Å². The molecule has 2 N–H and O–H groups in total. The molecule has 3 rings (SSSR count). The number of nitrogens with zero attached hydrogens (tertiary/aromatic N) is 2. The Kier molecular flexibility index (Phi) is 5.33. The molecule has 1 aliphatic rings. The maximum absolute atomic E-state index is 12.4. The number of rotatable bonds is 4. The molecule has 126 valence electrons. The summed E-state index contributed by atoms with van der Waals surface area (Å²) in [6, 6.07) is 13.1. The van der Waals surface area contributed by atoms with Crippen LogP contribution in [0.1, 0.15) is 23.2 Å². The molecule has 0 bridgehead atoms. The summed E-state index contributed by atoms with van der Waals surface area (Å²) in [7, 11) is 2.05. The summed E-state index contributed by atoms with van der Waals surface area (Å²) >= 11 is 6.07. The number of hydrogen-bond donors (Lipinski definition) is 2. The number of aromatic nitrogens is 1. The van der Waals surface area contributed by atoms with Crippen LogP contribution < -0.4 is 15.5 Å². The summed E-state index contributed by atoms with van der Waals surface area (Å²) in [5.41, 5.74) is 0.443. The molecule has 1 saturated heterocycles. The lowest BCUT2D eigenvalue weighted by Gasteiger charge is -2.32. The number of hydrogen-bond acceptors (Lipinski definition) is 4. The normalized spacial score (nSPS) is 15.1. The van der Waals surface area contributed by atoms with Crippen LogP contribution in [-0.4, -0.2) is 37.1 Å². The van der Waals surface area contributed by atoms with Gasteiger partial charge < -0.3 is 15.5 Å². The van der Waals surface area contributed by atoms with Crippen molar-refractivity contribution >= 4 is 29.1 Å². The second-order valence-electron chi connectivity index (χ2n) is 5.91. The van der Waals surface area contributed by atoms with Crippen molar-refractivity contribution in [1.82, 2.24) is 10.3 Å². The lowest BCUT2D eigenvalue weighted by Crippen LogP contribution is -2.41. The number of benzene rings is 1. The van der Waals surface area contributed by atoms with Crippen LogP contribution in [0.4, 0.5) is 11.6 Å². The van der Waals surface area contributed by atoms with Crippen molar-refractivity contribution in [2.45, 2.75) is 18.9 Å². The maximum Gasteiger partial charge on any atom is 0.258 e. The minimum Gasteiger partial charge on any atom is -0.357 e. The van der Waals surface area contributed by atoms with Crippen LogP contribution in [-0.2, 0) is 0 Å². The zero-order valence-corrected chi connectivity index (χ0v) is 14.4. The predicted molar refractivity (Wildman–Crippen MR) is 97.9 cm³/mol. The van der Waals surface area contributed by atoms with Crippen LogP contribution in [0.5, 0.6) is 0 Å². The molecule has 1 amide bonds. The average Bonchev–Trinajstić information content (AvgIpc) is 2.62. The fourth-order valence-electron chi connectivity index (χ4n) is 2.90. The van der Waals surface area contributed by atoms with Crippen molar-refractivity contribution in [1.29, 1.82) is 0 Å². The first-order chi connectivity index (χ1) is 11.6. The smallest absolute Gasteiger partial charge is 0.258 e. The second kappa shape index (κ2) is 7.64. The monoisotopic (exact) mass is 344 g/mol. The molecular weight excluding hydrogens is 324 g/mol. The van der Waals surface area contributed by atoms with Gasteiger partial charge in [-0.1, -0.05) is 29.8 Å². The zero-order valence-electron chi connectivity index (χ0n) is 13.6. The Labute approximate surface area is 147 Å². The van der Waals surface area contributed by atoms with Crippen LogP contribution >= 0.6 is 11.6 Å². The van der Waals surface area contributed by atoms with Gasteiger partial charge in [-0.15, -0.1) is 0 Å². The minimum absolute atomic E-state index is 0.255. The molecular formula is C18H21ClN4O. The van der Waals surface area contributed by atoms with Crippen LogP contribution in [0.2, 0.25) is 5.02 Å². The van der Waals surface area contributed by atoms with Crippen molar-refractivity contribution in [2.75, 3.05) is 30.4 Å². The molecule has 2 aromatic rings. The summed E-state index contributed by atoms with van der Waals surface area (Å²) in [6.07, 6.45) is 2.18. The number of carbonyl (C=O) groups is 1. The standard InChI is InChI=1S/C18H21ClN4O/c1-23(13-9-11-20-12-10-13)17-8-4-7-16(21-17)22-18(24)14-5-2-3-6-15(14)19/h2-8,13,20H,9-12H2,1H3,(H,21,22,24). The van der Waals surface area contributed by atoms with Gasteiger partial charge in [0.05, 0.1) is 10.6 Å². The Morgan fingerprint density at radius 2 is 1.96 bits per heavy atom. The van der Waals surface area contributed by atoms with Crippen LogP contribution in [0.25, 0.3) is 0 Å². The average molecular weight is 345 g/mol. The lowest BCUT2D eigenvalue weighted by molar-refractivity contribution is 0.102. The molecule has 0 atom stereocenters. The highest BCUT2D eigenvalue weighted by Gasteiger charge is 2.19. The number of piperidine rings is 1. The molecule has 0 saturated carbocycles. The fraction of sp³-hybridized carbons (Fsp3) is 0.333. The van der Waals surface area contributed by atoms with Gasteiger partial charge in [0.1, 0.15) is 11.6 Å². The highest BCUT2D eigenvalue weighted by molar-refractivity contribution is 6.34. The van der Waals surface area contributed by atoms with Crippen molar-refractivity contribution in [3.63, 3.8) is 0 Å². The molecule has 0 aliphatic carbocycles. The zero-order chi connectivity index (χ0) is 16.9. The topological polar surface area (TPSA) is 57.3 Å². The van der Waals surface area contributed by atoms with Gasteiger partial charge in [0.2, 0.25) is 0 Å². The Morgan fingerprint density at radius 3 is 2.71 bits per heavy atom. The lowest BCUT2D eigenvalue weighted by atomic mass is 10.1. The van der Waals surface area contributed by atoms with Crippen molar-refractivity contribution < 1.29 is 4.79 Å². The molecule has 2 heterocycles. The quantitative estimate of drug-likeness (QED) is 0.894. The van der Waals surface area contributed by atoms with E-state index in [0.29, 0.717) is 22.4 Å². The van der Waals surface area contributed by atoms with E-state index in [-0.39, 0.29) is 5.91 Å². The number of anilines is 2. The van der Waals surface area contributed by atoms with Gasteiger partial charge in [-0.25, -0.2) is 4.98 Å². The largest absolute Gasteiger partial charge is 0.357 e. The molecule has 1 aromatic heterocycles. The van der Waals surface area contributed by atoms with Crippen molar-refractivity contribution in [2.24, 2.45) is 0 Å². The molecule has 6 heteroatoms. The fourth-order valence-corrected chi connectivity index (χ4v) is 3.12. The first-order valence-electron chi connectivity index (χ1n) is 8.11. The molecule has 1 aromatic carbocycles. The predicted octanol–water partition coefficient (Wildman–Crippen LogP) is 3.18. The van der Waals surface area contributed by atoms with E-state index in [1.165, 1.54) is 0 Å². The summed E-state index contributed by atoms with van der Waals surface area (Å²) in [6.45, 7) is 2.05. The molecule has 1 fully saturated rings. The van der Waals surface area contributed by atoms with E-state index in [0.717, 1.165) is 31.7 Å². The van der Waals surface area contributed by atoms with E-state index in [4.69, 9.17) is 11.6 Å². The van der Waals surface area contributed by atoms with E-state index >= 15 is 0 Å². The summed E-state index contributed by atoms with van der Waals surface area (Å²) in [5.74, 6) is 1.13. The van der Waals surface area contributed by atoms with Crippen molar-refractivity contribution in [3.8, 4) is 0 Å². The van der Waals surface area contributed by atoms with E-state index in [9.17, 15) is 4.79 Å². The van der Waals surface area contributed by atoms with Gasteiger partial charge in [-0.2, -0.15) is 0 Å². The molecule has 24 heavy (non-hydrogen) atoms. The Hall–Kier alpha value is -2.11. The van der Waals surface area contributed by atoms with E-state index in [2.05, 4.69) is 27.6 Å². The highest BCUT2D eigenvalue weighted by atomic mass is 35.5. The summed E-state index contributed by atoms with van der Waals surface area (Å²) in [4.78, 5) is 19.1. The van der Waals surface area contributed by atoms with Gasteiger partial charge >= 0.3 is 0 Å². The van der Waals surface area contributed by atoms with E-state index in [1.54, 1.807) is 30.3 Å². The van der Waals surface area contributed by atoms with Crippen LogP contribution in [0, 0.1) is 0 Å². The number of halogens is 1. The maximum atomic E-state index is 12.4. The molecule has 0 unspecified atom stereocenters. The minimum atomic E-state index is -0.255. The second-order valence-corrected chi connectivity index (χ2v) is 6.31. The van der Waals surface area contributed by atoms with Gasteiger partial charge in [0, 0.05) is 13.1 Å². The van der Waals surface area contributed by atoms with Gasteiger partial charge in [-0.3, -0.25) is 4.79 Å². The number of carbonyl (C=O) groups excluding carboxylic acids is 1. The Bertz CT molecular complexity index is 716. The third-order valence-electron chi connectivity index (χ3n) is 4.31. The number of nitrogens with one attached hydrogen (secondary N) is 2. The van der Waals surface area contributed by atoms with Crippen molar-refractivity contribution in [3.05, 3.63) is 53.1 Å². The third-order valence-corrected chi connectivity index (χ3v) is 4.64. The molecule has 0 radical (unpaired) electrons. The number of amides is 1. The van der Waals surface area contributed by atoms with E-state index in [1.807, 2.05) is 12.1 Å². The molecule has 1 aliphatic heterocycles. The first-order valence-corrected chi connectivity index (χ1v) is 8.49. The van der Waals surface area contributed by atoms with Gasteiger partial charge in [0.25, 0.3) is 5.91 Å². The first kappa shape index (κ1) is 16.7. The highest BCUT2D eigenvalue weighted by Crippen LogP contribution is 2.21. The summed E-state index contributed by atoms with van der Waals surface area (Å²) in [5, 5.41) is 6.62. The third kappa shape index (κ3) is 3.86. The van der Waals surface area contributed by atoms with Gasteiger partial charge in [-0.05, 0) is 50.2 Å². The van der Waals surface area contributed by atoms with E-state index < -0.39 is 0 Å². The SMILES string of the molecule is CN(c1cccc(NC(=O)c2ccccc2Cl)n1)C1CCNCC1. The molecule has 0 spiro atoms. The van der Waals surface area contributed by atoms with Crippen LogP contribution in [0.3, 0.4) is 0 Å². The Balaban J connectivity index is 1.73. The Morgan fingerprint density at radius 1 is 1.21 bits per heavy atom. The number of pyridine rings is 1. The van der Waals surface area contributed by atoms with Gasteiger partial charge in [0.15, 0.2) is 0 Å².